The number of anilines is 1. The molecule has 0 aromatic heterocycles. The fourth-order valence-electron chi connectivity index (χ4n) is 0.765. The smallest absolute Gasteiger partial charge is 0.354 e. The molecule has 1 rings (SSSR count). The summed E-state index contributed by atoms with van der Waals surface area (Å²) in [6.07, 6.45) is 0. The summed E-state index contributed by atoms with van der Waals surface area (Å²) in [5.74, 6) is -1.31. The third-order valence-electron chi connectivity index (χ3n) is 1.34. The molecule has 1 aromatic carbocycles. The Labute approximate surface area is 67.0 Å². The predicted octanol–water partition coefficient (Wildman–Crippen LogP) is 0.588. The summed E-state index contributed by atoms with van der Waals surface area (Å²) in [7, 11) is 0. The first-order valence-electron chi connectivity index (χ1n) is 2.99. The van der Waals surface area contributed by atoms with E-state index in [0.29, 0.717) is 0 Å². The van der Waals surface area contributed by atoms with Crippen molar-refractivity contribution in [2.45, 2.75) is 0 Å². The van der Waals surface area contributed by atoms with Crippen molar-refractivity contribution in [3.8, 4) is 11.5 Å². The van der Waals surface area contributed by atoms with Gasteiger partial charge in [0.2, 0.25) is 5.75 Å². The lowest BCUT2D eigenvalue weighted by molar-refractivity contribution is -0.386. The fraction of sp³-hybridized carbons (Fsp3) is 0. The maximum Gasteiger partial charge on any atom is 0.354 e. The molecule has 0 aliphatic heterocycles. The maximum absolute atomic E-state index is 10.2. The van der Waals surface area contributed by atoms with Gasteiger partial charge in [0.15, 0.2) is 5.75 Å². The minimum atomic E-state index is -0.902. The second kappa shape index (κ2) is 2.57. The van der Waals surface area contributed by atoms with Crippen LogP contribution in [0, 0.1) is 10.1 Å². The van der Waals surface area contributed by atoms with Crippen LogP contribution in [-0.2, 0) is 0 Å². The van der Waals surface area contributed by atoms with Crippen molar-refractivity contribution in [2.24, 2.45) is 0 Å². The number of aromatic hydroxyl groups is 2. The summed E-state index contributed by atoms with van der Waals surface area (Å²) in [5.41, 5.74) is 4.25. The van der Waals surface area contributed by atoms with Crippen LogP contribution in [0.25, 0.3) is 0 Å². The molecule has 0 saturated carbocycles. The number of phenols is 2. The molecule has 0 spiro atoms. The molecule has 0 amide bonds. The normalized spacial score (nSPS) is 9.67. The van der Waals surface area contributed by atoms with Gasteiger partial charge in [0, 0.05) is 0 Å². The number of benzene rings is 1. The van der Waals surface area contributed by atoms with Crippen molar-refractivity contribution in [1.82, 2.24) is 0 Å². The molecular weight excluding hydrogens is 164 g/mol. The van der Waals surface area contributed by atoms with E-state index in [-0.39, 0.29) is 5.69 Å². The van der Waals surface area contributed by atoms with E-state index in [0.717, 1.165) is 6.07 Å². The molecule has 6 nitrogen and oxygen atoms in total. The standard InChI is InChI=1S/C6H6N2O4/c7-3-1-2-4(9)5(6(3)10)8(11)12/h1-2,9-10H,7H2. The summed E-state index contributed by atoms with van der Waals surface area (Å²) in [6, 6.07) is 2.23. The third-order valence-corrected chi connectivity index (χ3v) is 1.34. The fourth-order valence-corrected chi connectivity index (χ4v) is 0.765. The number of nitrogens with zero attached hydrogens (tertiary/aromatic N) is 1. The summed E-state index contributed by atoms with van der Waals surface area (Å²) in [6.45, 7) is 0. The summed E-state index contributed by atoms with van der Waals surface area (Å²) < 4.78 is 0. The molecule has 0 bridgehead atoms. The quantitative estimate of drug-likeness (QED) is 0.188. The number of nitro groups is 1. The van der Waals surface area contributed by atoms with Gasteiger partial charge < -0.3 is 15.9 Å². The Hall–Kier alpha value is -1.98. The van der Waals surface area contributed by atoms with Gasteiger partial charge in [-0.3, -0.25) is 10.1 Å². The zero-order valence-corrected chi connectivity index (χ0v) is 5.89. The first-order valence-corrected chi connectivity index (χ1v) is 2.99. The number of hydrogen-bond donors (Lipinski definition) is 3. The molecular formula is C6H6N2O4. The second-order valence-corrected chi connectivity index (χ2v) is 2.13. The minimum absolute atomic E-state index is 0.139. The molecule has 0 unspecified atom stereocenters. The number of nitrogens with two attached hydrogens (primary N) is 1. The Bertz CT molecular complexity index is 337. The van der Waals surface area contributed by atoms with E-state index in [2.05, 4.69) is 0 Å². The van der Waals surface area contributed by atoms with Gasteiger partial charge in [0.25, 0.3) is 0 Å². The predicted molar refractivity (Wildman–Crippen MR) is 40.8 cm³/mol. The highest BCUT2D eigenvalue weighted by molar-refractivity contribution is 5.68. The van der Waals surface area contributed by atoms with Crippen molar-refractivity contribution in [3.63, 3.8) is 0 Å². The van der Waals surface area contributed by atoms with Crippen LogP contribution >= 0.6 is 0 Å². The Balaban J connectivity index is 3.43. The number of hydrogen-bond acceptors (Lipinski definition) is 5. The van der Waals surface area contributed by atoms with Gasteiger partial charge in [-0.25, -0.2) is 0 Å². The largest absolute Gasteiger partial charge is 0.502 e. The number of nitrogen functional groups attached to an aromatic ring is 1. The van der Waals surface area contributed by atoms with Gasteiger partial charge in [0.05, 0.1) is 10.6 Å². The summed E-state index contributed by atoms with van der Waals surface area (Å²) in [4.78, 5) is 9.32. The van der Waals surface area contributed by atoms with E-state index < -0.39 is 22.1 Å². The van der Waals surface area contributed by atoms with Gasteiger partial charge in [-0.1, -0.05) is 0 Å². The van der Waals surface area contributed by atoms with Crippen molar-refractivity contribution in [3.05, 3.63) is 22.2 Å². The van der Waals surface area contributed by atoms with Crippen LogP contribution in [0.1, 0.15) is 0 Å². The van der Waals surface area contributed by atoms with E-state index in [1.54, 1.807) is 0 Å². The van der Waals surface area contributed by atoms with E-state index in [4.69, 9.17) is 15.9 Å². The lowest BCUT2D eigenvalue weighted by Gasteiger charge is -2.00. The van der Waals surface area contributed by atoms with E-state index in [1.165, 1.54) is 6.07 Å². The van der Waals surface area contributed by atoms with Gasteiger partial charge in [-0.2, -0.15) is 0 Å². The molecule has 6 heteroatoms. The monoisotopic (exact) mass is 170 g/mol. The minimum Gasteiger partial charge on any atom is -0.502 e. The maximum atomic E-state index is 10.2. The van der Waals surface area contributed by atoms with Crippen LogP contribution in [0.15, 0.2) is 12.1 Å². The number of rotatable bonds is 1. The number of phenolic OH excluding ortho intramolecular Hbond substituents is 2. The highest BCUT2D eigenvalue weighted by Crippen LogP contribution is 2.38. The van der Waals surface area contributed by atoms with Gasteiger partial charge >= 0.3 is 5.69 Å². The second-order valence-electron chi connectivity index (χ2n) is 2.13. The van der Waals surface area contributed by atoms with Crippen LogP contribution in [0.3, 0.4) is 0 Å². The average Bonchev–Trinajstić information content (AvgIpc) is 1.97. The molecule has 0 saturated heterocycles. The molecule has 64 valence electrons. The number of nitro benzene ring substituents is 1. The third kappa shape index (κ3) is 1.09. The summed E-state index contributed by atoms with van der Waals surface area (Å²) >= 11 is 0. The average molecular weight is 170 g/mol. The zero-order valence-electron chi connectivity index (χ0n) is 5.89. The molecule has 0 radical (unpaired) electrons. The molecule has 0 atom stereocenters. The Morgan fingerprint density at radius 3 is 2.42 bits per heavy atom. The summed E-state index contributed by atoms with van der Waals surface area (Å²) in [5, 5.41) is 28.2. The molecule has 12 heavy (non-hydrogen) atoms. The molecule has 0 aliphatic carbocycles. The first kappa shape index (κ1) is 8.12. The Morgan fingerprint density at radius 1 is 1.42 bits per heavy atom. The van der Waals surface area contributed by atoms with Crippen molar-refractivity contribution >= 4 is 11.4 Å². The lowest BCUT2D eigenvalue weighted by atomic mass is 10.2. The lowest BCUT2D eigenvalue weighted by Crippen LogP contribution is -1.93. The SMILES string of the molecule is Nc1ccc(O)c([N+](=O)[O-])c1O. The van der Waals surface area contributed by atoms with Crippen molar-refractivity contribution in [1.29, 1.82) is 0 Å². The molecule has 0 fully saturated rings. The highest BCUT2D eigenvalue weighted by Gasteiger charge is 2.21. The van der Waals surface area contributed by atoms with Crippen molar-refractivity contribution < 1.29 is 15.1 Å². The van der Waals surface area contributed by atoms with E-state index >= 15 is 0 Å². The van der Waals surface area contributed by atoms with Gasteiger partial charge in [-0.05, 0) is 12.1 Å². The first-order chi connectivity index (χ1) is 5.54. The Morgan fingerprint density at radius 2 is 2.00 bits per heavy atom. The van der Waals surface area contributed by atoms with Crippen molar-refractivity contribution in [2.75, 3.05) is 5.73 Å². The van der Waals surface area contributed by atoms with E-state index in [1.807, 2.05) is 0 Å². The zero-order chi connectivity index (χ0) is 9.30. The van der Waals surface area contributed by atoms with Crippen LogP contribution in [0.5, 0.6) is 11.5 Å². The van der Waals surface area contributed by atoms with Crippen LogP contribution < -0.4 is 5.73 Å². The topological polar surface area (TPSA) is 110 Å². The van der Waals surface area contributed by atoms with Crippen LogP contribution in [0.2, 0.25) is 0 Å². The molecule has 0 heterocycles. The Kier molecular flexibility index (Phi) is 1.74. The van der Waals surface area contributed by atoms with Gasteiger partial charge in [-0.15, -0.1) is 0 Å². The van der Waals surface area contributed by atoms with E-state index in [9.17, 15) is 10.1 Å². The highest BCUT2D eigenvalue weighted by atomic mass is 16.6. The molecule has 4 N–H and O–H groups in total. The van der Waals surface area contributed by atoms with Crippen LogP contribution in [-0.4, -0.2) is 15.1 Å². The van der Waals surface area contributed by atoms with Crippen LogP contribution in [0.4, 0.5) is 11.4 Å². The molecule has 0 aliphatic rings. The molecule has 1 aromatic rings. The van der Waals surface area contributed by atoms with Gasteiger partial charge in [0.1, 0.15) is 0 Å².